The van der Waals surface area contributed by atoms with Crippen LogP contribution in [0.15, 0.2) is 42.5 Å². The third kappa shape index (κ3) is 2.17. The van der Waals surface area contributed by atoms with E-state index in [-0.39, 0.29) is 17.7 Å². The molecule has 3 amide bonds. The molecule has 0 atom stereocenters. The number of aromatic nitrogens is 1. The second-order valence-corrected chi connectivity index (χ2v) is 6.37. The zero-order valence-electron chi connectivity index (χ0n) is 12.6. The van der Waals surface area contributed by atoms with Crippen molar-refractivity contribution in [3.8, 4) is 0 Å². The van der Waals surface area contributed by atoms with Crippen LogP contribution in [0.1, 0.15) is 27.6 Å². The van der Waals surface area contributed by atoms with E-state index in [4.69, 9.17) is 0 Å². The second kappa shape index (κ2) is 5.24. The maximum Gasteiger partial charge on any atom is 0.266 e. The molecule has 2 aromatic carbocycles. The molecule has 0 aliphatic carbocycles. The van der Waals surface area contributed by atoms with Crippen LogP contribution in [-0.2, 0) is 4.79 Å². The molecule has 0 spiro atoms. The Morgan fingerprint density at radius 3 is 2.38 bits per heavy atom. The SMILES string of the molecule is CC(=O)Nc1nc2cc(N3C(=O)c4ccccc4C3=O)ccc2s1. The molecule has 1 aliphatic rings. The summed E-state index contributed by atoms with van der Waals surface area (Å²) in [5.41, 5.74) is 1.89. The van der Waals surface area contributed by atoms with Crippen LogP contribution in [0.3, 0.4) is 0 Å². The Bertz CT molecular complexity index is 990. The van der Waals surface area contributed by atoms with Gasteiger partial charge in [-0.2, -0.15) is 0 Å². The second-order valence-electron chi connectivity index (χ2n) is 5.34. The van der Waals surface area contributed by atoms with E-state index in [0.29, 0.717) is 27.5 Å². The number of hydrogen-bond acceptors (Lipinski definition) is 5. The first-order valence-electron chi connectivity index (χ1n) is 7.20. The number of hydrogen-bond donors (Lipinski definition) is 1. The molecule has 1 aliphatic heterocycles. The average Bonchev–Trinajstić information content (AvgIpc) is 3.05. The standard InChI is InChI=1S/C17H11N3O3S/c1-9(21)18-17-19-13-8-10(6-7-14(13)24-17)20-15(22)11-4-2-3-5-12(11)16(20)23/h2-8H,1H3,(H,18,19,21). The predicted molar refractivity (Wildman–Crippen MR) is 91.5 cm³/mol. The van der Waals surface area contributed by atoms with E-state index in [0.717, 1.165) is 9.60 Å². The van der Waals surface area contributed by atoms with Crippen molar-refractivity contribution in [3.63, 3.8) is 0 Å². The summed E-state index contributed by atoms with van der Waals surface area (Å²) in [6.07, 6.45) is 0. The fraction of sp³-hybridized carbons (Fsp3) is 0.0588. The predicted octanol–water partition coefficient (Wildman–Crippen LogP) is 3.06. The lowest BCUT2D eigenvalue weighted by atomic mass is 10.1. The van der Waals surface area contributed by atoms with Crippen LogP contribution >= 0.6 is 11.3 Å². The van der Waals surface area contributed by atoms with E-state index in [9.17, 15) is 14.4 Å². The number of anilines is 2. The maximum atomic E-state index is 12.5. The van der Waals surface area contributed by atoms with Crippen molar-refractivity contribution in [2.75, 3.05) is 10.2 Å². The summed E-state index contributed by atoms with van der Waals surface area (Å²) in [6.45, 7) is 1.41. The van der Waals surface area contributed by atoms with Crippen molar-refractivity contribution in [1.29, 1.82) is 0 Å². The molecular weight excluding hydrogens is 326 g/mol. The van der Waals surface area contributed by atoms with Gasteiger partial charge in [0.25, 0.3) is 11.8 Å². The van der Waals surface area contributed by atoms with Gasteiger partial charge in [0.2, 0.25) is 5.91 Å². The number of fused-ring (bicyclic) bond motifs is 2. The number of benzene rings is 2. The molecule has 3 aromatic rings. The quantitative estimate of drug-likeness (QED) is 0.729. The summed E-state index contributed by atoms with van der Waals surface area (Å²) < 4.78 is 0.860. The summed E-state index contributed by atoms with van der Waals surface area (Å²) in [4.78, 5) is 41.7. The van der Waals surface area contributed by atoms with Crippen LogP contribution in [0.5, 0.6) is 0 Å². The highest BCUT2D eigenvalue weighted by Gasteiger charge is 2.36. The van der Waals surface area contributed by atoms with Gasteiger partial charge in [0.15, 0.2) is 5.13 Å². The summed E-state index contributed by atoms with van der Waals surface area (Å²) in [6, 6.07) is 11.9. The molecule has 2 heterocycles. The number of nitrogens with one attached hydrogen (secondary N) is 1. The Kier molecular flexibility index (Phi) is 3.17. The minimum absolute atomic E-state index is 0.199. The van der Waals surface area contributed by atoms with Gasteiger partial charge in [0.05, 0.1) is 27.0 Å². The van der Waals surface area contributed by atoms with Gasteiger partial charge in [-0.25, -0.2) is 9.88 Å². The number of thiazole rings is 1. The van der Waals surface area contributed by atoms with Crippen LogP contribution in [0.4, 0.5) is 10.8 Å². The third-order valence-electron chi connectivity index (χ3n) is 3.71. The largest absolute Gasteiger partial charge is 0.302 e. The Hall–Kier alpha value is -3.06. The van der Waals surface area contributed by atoms with E-state index >= 15 is 0 Å². The molecule has 1 N–H and O–H groups in total. The summed E-state index contributed by atoms with van der Waals surface area (Å²) in [7, 11) is 0. The maximum absolute atomic E-state index is 12.5. The van der Waals surface area contributed by atoms with Crippen molar-refractivity contribution in [1.82, 2.24) is 4.98 Å². The number of carbonyl (C=O) groups is 3. The van der Waals surface area contributed by atoms with Crippen molar-refractivity contribution in [3.05, 3.63) is 53.6 Å². The molecule has 0 unspecified atom stereocenters. The molecule has 6 nitrogen and oxygen atoms in total. The van der Waals surface area contributed by atoms with E-state index < -0.39 is 0 Å². The Morgan fingerprint density at radius 1 is 1.08 bits per heavy atom. The highest BCUT2D eigenvalue weighted by atomic mass is 32.1. The van der Waals surface area contributed by atoms with Crippen LogP contribution in [-0.4, -0.2) is 22.7 Å². The van der Waals surface area contributed by atoms with Gasteiger partial charge in [-0.1, -0.05) is 23.5 Å². The Morgan fingerprint density at radius 2 is 1.75 bits per heavy atom. The fourth-order valence-corrected chi connectivity index (χ4v) is 3.57. The molecule has 0 bridgehead atoms. The summed E-state index contributed by atoms with van der Waals surface area (Å²) in [5, 5.41) is 3.12. The van der Waals surface area contributed by atoms with Crippen LogP contribution in [0, 0.1) is 0 Å². The van der Waals surface area contributed by atoms with Gasteiger partial charge in [0, 0.05) is 6.92 Å². The first-order valence-corrected chi connectivity index (χ1v) is 8.02. The van der Waals surface area contributed by atoms with Crippen molar-refractivity contribution >= 4 is 50.1 Å². The molecule has 24 heavy (non-hydrogen) atoms. The van der Waals surface area contributed by atoms with Gasteiger partial charge in [-0.05, 0) is 30.3 Å². The Labute approximate surface area is 140 Å². The highest BCUT2D eigenvalue weighted by molar-refractivity contribution is 7.22. The van der Waals surface area contributed by atoms with Gasteiger partial charge < -0.3 is 5.32 Å². The smallest absolute Gasteiger partial charge is 0.266 e. The van der Waals surface area contributed by atoms with Crippen molar-refractivity contribution in [2.24, 2.45) is 0 Å². The van der Waals surface area contributed by atoms with Gasteiger partial charge in [-0.15, -0.1) is 0 Å². The number of amides is 3. The number of carbonyl (C=O) groups excluding carboxylic acids is 3. The number of imide groups is 1. The van der Waals surface area contributed by atoms with Crippen molar-refractivity contribution < 1.29 is 14.4 Å². The average molecular weight is 337 g/mol. The summed E-state index contributed by atoms with van der Waals surface area (Å²) >= 11 is 1.33. The van der Waals surface area contributed by atoms with Crippen LogP contribution in [0.25, 0.3) is 10.2 Å². The zero-order chi connectivity index (χ0) is 16.8. The zero-order valence-corrected chi connectivity index (χ0v) is 13.4. The van der Waals surface area contributed by atoms with Crippen molar-refractivity contribution in [2.45, 2.75) is 6.92 Å². The number of nitrogens with zero attached hydrogens (tertiary/aromatic N) is 2. The first-order chi connectivity index (χ1) is 11.5. The van der Waals surface area contributed by atoms with E-state index in [1.165, 1.54) is 18.3 Å². The van der Waals surface area contributed by atoms with Gasteiger partial charge in [0.1, 0.15) is 0 Å². The molecule has 1 aromatic heterocycles. The molecule has 0 radical (unpaired) electrons. The van der Waals surface area contributed by atoms with E-state index in [2.05, 4.69) is 10.3 Å². The van der Waals surface area contributed by atoms with E-state index in [1.54, 1.807) is 42.5 Å². The highest BCUT2D eigenvalue weighted by Crippen LogP contribution is 2.33. The topological polar surface area (TPSA) is 79.4 Å². The molecule has 4 rings (SSSR count). The van der Waals surface area contributed by atoms with E-state index in [1.807, 2.05) is 0 Å². The Balaban J connectivity index is 1.76. The monoisotopic (exact) mass is 337 g/mol. The molecule has 118 valence electrons. The lowest BCUT2D eigenvalue weighted by Gasteiger charge is -2.13. The molecule has 0 saturated carbocycles. The minimum atomic E-state index is -0.340. The fourth-order valence-electron chi connectivity index (χ4n) is 2.68. The lowest BCUT2D eigenvalue weighted by molar-refractivity contribution is -0.114. The number of rotatable bonds is 2. The first kappa shape index (κ1) is 14.5. The molecular formula is C17H11N3O3S. The van der Waals surface area contributed by atoms with Crippen LogP contribution in [0.2, 0.25) is 0 Å². The third-order valence-corrected chi connectivity index (χ3v) is 4.66. The van der Waals surface area contributed by atoms with Crippen LogP contribution < -0.4 is 10.2 Å². The summed E-state index contributed by atoms with van der Waals surface area (Å²) in [5.74, 6) is -0.880. The molecule has 0 saturated heterocycles. The van der Waals surface area contributed by atoms with Gasteiger partial charge in [-0.3, -0.25) is 14.4 Å². The molecule has 7 heteroatoms. The lowest BCUT2D eigenvalue weighted by Crippen LogP contribution is -2.29. The normalized spacial score (nSPS) is 13.5. The minimum Gasteiger partial charge on any atom is -0.302 e. The van der Waals surface area contributed by atoms with Gasteiger partial charge >= 0.3 is 0 Å². The molecule has 0 fully saturated rings.